The Morgan fingerprint density at radius 3 is 1.43 bits per heavy atom. The first-order valence-electron chi connectivity index (χ1n) is 24.9. The fourth-order valence-electron chi connectivity index (χ4n) is 12.3. The first kappa shape index (κ1) is 42.2. The van der Waals surface area contributed by atoms with E-state index in [4.69, 9.17) is 4.85 Å². The highest BCUT2D eigenvalue weighted by molar-refractivity contribution is 7.27. The fourth-order valence-corrected chi connectivity index (χ4v) is 16.1. The summed E-state index contributed by atoms with van der Waals surface area (Å²) < 4.78 is 11.8. The number of thiophene rings is 3. The summed E-state index contributed by atoms with van der Waals surface area (Å²) in [7, 11) is 0. The van der Waals surface area contributed by atoms with Gasteiger partial charge < -0.3 is 9.13 Å². The maximum absolute atomic E-state index is 12.4. The summed E-state index contributed by atoms with van der Waals surface area (Å²) >= 11 is 5.40. The first-order chi connectivity index (χ1) is 37.2. The van der Waals surface area contributed by atoms with Crippen molar-refractivity contribution in [3.63, 3.8) is 0 Å². The molecular weight excluding hydrogens is 969 g/mol. The topological polar surface area (TPSA) is 38.0 Å². The van der Waals surface area contributed by atoms with Gasteiger partial charge in [-0.05, 0) is 46.5 Å². The van der Waals surface area contributed by atoms with Crippen LogP contribution in [0.25, 0.3) is 154 Å². The van der Waals surface area contributed by atoms with Crippen molar-refractivity contribution < 1.29 is 0 Å². The maximum atomic E-state index is 12.4. The molecule has 0 spiro atoms. The lowest BCUT2D eigenvalue weighted by Crippen LogP contribution is -2.08. The van der Waals surface area contributed by atoms with Crippen molar-refractivity contribution in [2.75, 3.05) is 0 Å². The quantitative estimate of drug-likeness (QED) is 0.158. The molecule has 5 heterocycles. The van der Waals surface area contributed by atoms with E-state index >= 15 is 0 Å². The summed E-state index contributed by atoms with van der Waals surface area (Å²) in [6, 6.07) is 80.6. The van der Waals surface area contributed by atoms with Gasteiger partial charge in [-0.1, -0.05) is 194 Å². The van der Waals surface area contributed by atoms with Crippen LogP contribution < -0.4 is 0 Å². The van der Waals surface area contributed by atoms with Gasteiger partial charge in [-0.2, -0.15) is 5.26 Å². The van der Waals surface area contributed by atoms with E-state index in [0.717, 1.165) is 96.6 Å². The van der Waals surface area contributed by atoms with Crippen LogP contribution in [-0.2, 0) is 0 Å². The number of hydrogen-bond acceptors (Lipinski definition) is 4. The molecule has 16 rings (SSSR count). The largest absolute Gasteiger partial charge is 0.316 e. The van der Waals surface area contributed by atoms with Gasteiger partial charge in [0.1, 0.15) is 6.07 Å². The third kappa shape index (κ3) is 5.83. The maximum Gasteiger partial charge on any atom is 0.221 e. The molecule has 5 aromatic heterocycles. The summed E-state index contributed by atoms with van der Waals surface area (Å²) in [5.74, 6) is 0. The van der Waals surface area contributed by atoms with E-state index in [-0.39, 0.29) is 0 Å². The van der Waals surface area contributed by atoms with Crippen LogP contribution in [-0.4, -0.2) is 9.13 Å². The molecule has 4 nitrogen and oxygen atoms in total. The summed E-state index contributed by atoms with van der Waals surface area (Å²) in [6.07, 6.45) is 0. The molecule has 16 aromatic rings. The van der Waals surface area contributed by atoms with E-state index in [9.17, 15) is 11.8 Å². The molecule has 0 radical (unpaired) electrons. The van der Waals surface area contributed by atoms with E-state index in [0.29, 0.717) is 16.9 Å². The Hall–Kier alpha value is -9.34. The van der Waals surface area contributed by atoms with Crippen LogP contribution in [0.2, 0.25) is 0 Å². The van der Waals surface area contributed by atoms with Gasteiger partial charge >= 0.3 is 0 Å². The average Bonchev–Trinajstić information content (AvgIpc) is 4.44. The number of fused-ring (bicyclic) bond motifs is 18. The normalized spacial score (nSPS) is 12.0. The summed E-state index contributed by atoms with van der Waals surface area (Å²) in [5, 5.41) is 23.9. The van der Waals surface area contributed by atoms with Crippen molar-refractivity contribution in [2.45, 2.75) is 0 Å². The van der Waals surface area contributed by atoms with Crippen LogP contribution in [0.3, 0.4) is 0 Å². The van der Waals surface area contributed by atoms with Crippen molar-refractivity contribution in [3.05, 3.63) is 235 Å². The highest BCUT2D eigenvalue weighted by atomic mass is 32.1. The molecule has 11 aromatic carbocycles. The zero-order chi connectivity index (χ0) is 49.5. The smallest absolute Gasteiger partial charge is 0.221 e. The van der Waals surface area contributed by atoms with Crippen molar-refractivity contribution >= 4 is 144 Å². The second-order valence-electron chi connectivity index (χ2n) is 19.2. The van der Waals surface area contributed by atoms with E-state index in [2.05, 4.69) is 221 Å². The van der Waals surface area contributed by atoms with Crippen LogP contribution in [0.15, 0.2) is 218 Å². The molecule has 0 aliphatic heterocycles. The molecule has 0 unspecified atom stereocenters. The molecule has 0 saturated carbocycles. The SMILES string of the molecule is [C-]#[N+]c1c(-c2ccccc2)c(-n2c3c(ccc4c5ccccc5sc43)c3ccc4c5ccccc5sc4c32)c(-c2ccccc2)c(C#N)c1-n1c2ccccc2c2ccc3c(sc4cccc(-c5ccccc5)c43)c21. The van der Waals surface area contributed by atoms with Crippen molar-refractivity contribution in [3.8, 4) is 50.8 Å². The highest BCUT2D eigenvalue weighted by Gasteiger charge is 2.33. The lowest BCUT2D eigenvalue weighted by atomic mass is 9.88. The third-order valence-electron chi connectivity index (χ3n) is 15.4. The Balaban J connectivity index is 1.16. The Labute approximate surface area is 441 Å². The molecule has 0 N–H and O–H groups in total. The Morgan fingerprint density at radius 2 is 0.827 bits per heavy atom. The van der Waals surface area contributed by atoms with Crippen LogP contribution in [0, 0.1) is 17.9 Å². The summed E-state index contributed by atoms with van der Waals surface area (Å²) in [5.41, 5.74) is 12.0. The van der Waals surface area contributed by atoms with Gasteiger partial charge in [0.25, 0.3) is 0 Å². The molecule has 0 bridgehead atoms. The van der Waals surface area contributed by atoms with Crippen molar-refractivity contribution in [1.82, 2.24) is 9.13 Å². The number of rotatable bonds is 5. The molecular formula is C68H36N4S3. The van der Waals surface area contributed by atoms with Crippen LogP contribution in [0.4, 0.5) is 5.69 Å². The fraction of sp³-hybridized carbons (Fsp3) is 0. The lowest BCUT2D eigenvalue weighted by molar-refractivity contribution is 1.15. The summed E-state index contributed by atoms with van der Waals surface area (Å²) in [6.45, 7) is 9.67. The molecule has 7 heteroatoms. The molecule has 0 amide bonds. The number of benzene rings is 11. The zero-order valence-electron chi connectivity index (χ0n) is 39.8. The number of para-hydroxylation sites is 1. The lowest BCUT2D eigenvalue weighted by Gasteiger charge is -2.26. The first-order valence-corrected chi connectivity index (χ1v) is 27.4. The van der Waals surface area contributed by atoms with Crippen molar-refractivity contribution in [2.24, 2.45) is 0 Å². The monoisotopic (exact) mass is 1000 g/mol. The second-order valence-corrected chi connectivity index (χ2v) is 22.3. The number of nitrogens with zero attached hydrogens (tertiary/aromatic N) is 4. The Kier molecular flexibility index (Phi) is 9.05. The highest BCUT2D eigenvalue weighted by Crippen LogP contribution is 2.56. The van der Waals surface area contributed by atoms with Gasteiger partial charge in [-0.25, -0.2) is 4.85 Å². The molecule has 0 atom stereocenters. The predicted octanol–water partition coefficient (Wildman–Crippen LogP) is 20.4. The van der Waals surface area contributed by atoms with E-state index in [1.807, 2.05) is 34.8 Å². The number of hydrogen-bond donors (Lipinski definition) is 0. The molecule has 0 fully saturated rings. The van der Waals surface area contributed by atoms with Crippen LogP contribution >= 0.6 is 34.0 Å². The third-order valence-corrected chi connectivity index (χ3v) is 18.9. The van der Waals surface area contributed by atoms with Crippen LogP contribution in [0.5, 0.6) is 0 Å². The van der Waals surface area contributed by atoms with Crippen molar-refractivity contribution in [1.29, 1.82) is 5.26 Å². The van der Waals surface area contributed by atoms with Gasteiger partial charge in [0.2, 0.25) is 5.69 Å². The Bertz CT molecular complexity index is 4990. The molecule has 75 heavy (non-hydrogen) atoms. The second kappa shape index (κ2) is 16.1. The van der Waals surface area contributed by atoms with Gasteiger partial charge in [-0.3, -0.25) is 0 Å². The van der Waals surface area contributed by atoms with E-state index in [1.54, 1.807) is 11.3 Å². The minimum absolute atomic E-state index is 0.417. The average molecular weight is 1010 g/mol. The molecule has 0 aliphatic carbocycles. The zero-order valence-corrected chi connectivity index (χ0v) is 42.2. The molecule has 0 aliphatic rings. The van der Waals surface area contributed by atoms with Gasteiger partial charge in [-0.15, -0.1) is 34.0 Å². The van der Waals surface area contributed by atoms with Gasteiger partial charge in [0.15, 0.2) is 0 Å². The van der Waals surface area contributed by atoms with E-state index < -0.39 is 0 Å². The minimum Gasteiger partial charge on any atom is -0.316 e. The van der Waals surface area contributed by atoms with E-state index in [1.165, 1.54) is 46.6 Å². The standard InChI is InChI=1S/C68H36N4S3/c1-70-60-58(41-22-9-4-10-23-41)65(72-63-47(32-35-49-44-25-12-15-29-54(44)73-66(49)63)48-33-36-50-45-26-13-16-30-55(45)74-67(50)64(48)72)57(40-20-7-3-8-21-40)52(38-69)61(60)71-53-28-14-11-24-43(53)46-34-37-51-59-42(39-18-5-2-6-19-39)27-17-31-56(59)75-68(51)62(46)71/h2-37H. The Morgan fingerprint density at radius 1 is 0.373 bits per heavy atom. The summed E-state index contributed by atoms with van der Waals surface area (Å²) in [4.78, 5) is 4.73. The number of aromatic nitrogens is 2. The minimum atomic E-state index is 0.417. The molecule has 346 valence electrons. The van der Waals surface area contributed by atoms with Gasteiger partial charge in [0, 0.05) is 79.1 Å². The number of nitriles is 1. The predicted molar refractivity (Wildman–Crippen MR) is 321 cm³/mol. The molecule has 0 saturated heterocycles. The van der Waals surface area contributed by atoms with Crippen LogP contribution in [0.1, 0.15) is 5.56 Å². The van der Waals surface area contributed by atoms with Gasteiger partial charge in [0.05, 0.1) is 59.7 Å².